The summed E-state index contributed by atoms with van der Waals surface area (Å²) in [5.74, 6) is -0.135. The van der Waals surface area contributed by atoms with Crippen LogP contribution < -0.4 is 0 Å². The number of aliphatic imine (C=N–C) groups is 1. The van der Waals surface area contributed by atoms with Crippen LogP contribution in [0.25, 0.3) is 0 Å². The molecule has 0 aromatic carbocycles. The molecule has 0 unspecified atom stereocenters. The summed E-state index contributed by atoms with van der Waals surface area (Å²) in [4.78, 5) is 24.6. The van der Waals surface area contributed by atoms with E-state index in [1.165, 1.54) is 6.21 Å². The first-order valence-corrected chi connectivity index (χ1v) is 4.90. The minimum absolute atomic E-state index is 0.135. The average Bonchev–Trinajstić information content (AvgIpc) is 2.17. The molecular weight excluding hydrogens is 182 g/mol. The van der Waals surface area contributed by atoms with Crippen LogP contribution in [0.15, 0.2) is 4.99 Å². The Balaban J connectivity index is 3.16. The molecule has 0 saturated heterocycles. The molecule has 0 fully saturated rings. The number of hydrogen-bond donors (Lipinski definition) is 0. The Morgan fingerprint density at radius 1 is 1.36 bits per heavy atom. The van der Waals surface area contributed by atoms with Crippen LogP contribution in [0, 0.1) is 0 Å². The highest BCUT2D eigenvalue weighted by molar-refractivity contribution is 6.12. The van der Waals surface area contributed by atoms with Crippen LogP contribution in [0.2, 0.25) is 0 Å². The molecule has 0 aliphatic heterocycles. The van der Waals surface area contributed by atoms with Gasteiger partial charge in [-0.05, 0) is 19.8 Å². The summed E-state index contributed by atoms with van der Waals surface area (Å²) in [7, 11) is 0. The van der Waals surface area contributed by atoms with Crippen LogP contribution in [0.1, 0.15) is 32.6 Å². The van der Waals surface area contributed by atoms with Crippen LogP contribution in [-0.2, 0) is 14.3 Å². The molecule has 0 rings (SSSR count). The molecule has 0 bridgehead atoms. The Morgan fingerprint density at radius 3 is 2.79 bits per heavy atom. The number of esters is 1. The fourth-order valence-electron chi connectivity index (χ4n) is 1.000. The zero-order chi connectivity index (χ0) is 10.6. The van der Waals surface area contributed by atoms with Crippen molar-refractivity contribution in [3.63, 3.8) is 0 Å². The maximum atomic E-state index is 10.9. The lowest BCUT2D eigenvalue weighted by atomic mass is 10.2. The van der Waals surface area contributed by atoms with Gasteiger partial charge in [-0.1, -0.05) is 6.42 Å². The highest BCUT2D eigenvalue weighted by atomic mass is 16.5. The zero-order valence-electron chi connectivity index (χ0n) is 8.57. The van der Waals surface area contributed by atoms with E-state index in [2.05, 4.69) is 4.99 Å². The quantitative estimate of drug-likeness (QED) is 0.257. The SMILES string of the molecule is CCOC(=O)CCCCCN=CC=O. The topological polar surface area (TPSA) is 55.7 Å². The van der Waals surface area contributed by atoms with E-state index in [1.807, 2.05) is 0 Å². The molecule has 0 aliphatic rings. The minimum Gasteiger partial charge on any atom is -0.466 e. The molecule has 4 nitrogen and oxygen atoms in total. The average molecular weight is 199 g/mol. The summed E-state index contributed by atoms with van der Waals surface area (Å²) in [5.41, 5.74) is 0. The minimum atomic E-state index is -0.135. The largest absolute Gasteiger partial charge is 0.466 e. The maximum absolute atomic E-state index is 10.9. The Morgan fingerprint density at radius 2 is 2.14 bits per heavy atom. The van der Waals surface area contributed by atoms with Crippen LogP contribution in [0.5, 0.6) is 0 Å². The van der Waals surface area contributed by atoms with Crippen molar-refractivity contribution < 1.29 is 14.3 Å². The molecule has 0 atom stereocenters. The van der Waals surface area contributed by atoms with Crippen LogP contribution in [0.4, 0.5) is 0 Å². The van der Waals surface area contributed by atoms with Gasteiger partial charge in [-0.3, -0.25) is 14.6 Å². The molecule has 0 heterocycles. The van der Waals surface area contributed by atoms with Gasteiger partial charge >= 0.3 is 5.97 Å². The highest BCUT2D eigenvalue weighted by Gasteiger charge is 1.99. The first kappa shape index (κ1) is 12.8. The molecule has 4 heteroatoms. The van der Waals surface area contributed by atoms with E-state index in [0.29, 0.717) is 25.9 Å². The van der Waals surface area contributed by atoms with Crippen LogP contribution >= 0.6 is 0 Å². The lowest BCUT2D eigenvalue weighted by molar-refractivity contribution is -0.143. The van der Waals surface area contributed by atoms with Gasteiger partial charge in [0.1, 0.15) is 0 Å². The molecule has 0 aromatic heterocycles. The number of rotatable bonds is 8. The van der Waals surface area contributed by atoms with Gasteiger partial charge in [-0.15, -0.1) is 0 Å². The first-order valence-electron chi connectivity index (χ1n) is 4.90. The Kier molecular flexibility index (Phi) is 9.05. The molecule has 80 valence electrons. The standard InChI is InChI=1S/C10H17NO3/c1-2-14-10(13)6-4-3-5-7-11-8-9-12/h8-9H,2-7H2,1H3. The first-order chi connectivity index (χ1) is 6.81. The van der Waals surface area contributed by atoms with E-state index in [0.717, 1.165) is 19.3 Å². The van der Waals surface area contributed by atoms with Crippen molar-refractivity contribution in [2.75, 3.05) is 13.2 Å². The second-order valence-corrected chi connectivity index (χ2v) is 2.81. The van der Waals surface area contributed by atoms with E-state index in [4.69, 9.17) is 4.74 Å². The summed E-state index contributed by atoms with van der Waals surface area (Å²) in [6.45, 7) is 2.90. The number of hydrogen-bond acceptors (Lipinski definition) is 4. The van der Waals surface area contributed by atoms with E-state index in [9.17, 15) is 9.59 Å². The fourth-order valence-corrected chi connectivity index (χ4v) is 1.000. The van der Waals surface area contributed by atoms with E-state index in [-0.39, 0.29) is 5.97 Å². The van der Waals surface area contributed by atoms with Gasteiger partial charge in [-0.25, -0.2) is 0 Å². The van der Waals surface area contributed by atoms with Crippen molar-refractivity contribution in [1.29, 1.82) is 0 Å². The third-order valence-electron chi connectivity index (χ3n) is 1.64. The summed E-state index contributed by atoms with van der Waals surface area (Å²) in [6.07, 6.45) is 5.07. The van der Waals surface area contributed by atoms with Gasteiger partial charge in [0.2, 0.25) is 0 Å². The lowest BCUT2D eigenvalue weighted by Gasteiger charge is -2.00. The number of ether oxygens (including phenoxy) is 1. The monoisotopic (exact) mass is 199 g/mol. The summed E-state index contributed by atoms with van der Waals surface area (Å²) < 4.78 is 4.77. The predicted molar refractivity (Wildman–Crippen MR) is 54.5 cm³/mol. The molecule has 0 aliphatic carbocycles. The Bertz CT molecular complexity index is 190. The van der Waals surface area contributed by atoms with Crippen molar-refractivity contribution in [3.8, 4) is 0 Å². The molecule has 14 heavy (non-hydrogen) atoms. The van der Waals surface area contributed by atoms with Crippen molar-refractivity contribution in [3.05, 3.63) is 0 Å². The molecule has 0 radical (unpaired) electrons. The molecular formula is C10H17NO3. The fraction of sp³-hybridized carbons (Fsp3) is 0.700. The van der Waals surface area contributed by atoms with E-state index < -0.39 is 0 Å². The molecule has 0 aromatic rings. The van der Waals surface area contributed by atoms with Crippen molar-refractivity contribution in [2.45, 2.75) is 32.6 Å². The molecule has 0 saturated carbocycles. The van der Waals surface area contributed by atoms with Gasteiger partial charge in [0, 0.05) is 13.0 Å². The number of unbranched alkanes of at least 4 members (excludes halogenated alkanes) is 2. The number of carbonyl (C=O) groups is 2. The number of carbonyl (C=O) groups excluding carboxylic acids is 2. The Labute approximate surface area is 84.4 Å². The maximum Gasteiger partial charge on any atom is 0.305 e. The second kappa shape index (κ2) is 9.89. The molecule has 0 spiro atoms. The predicted octanol–water partition coefficient (Wildman–Crippen LogP) is 1.38. The lowest BCUT2D eigenvalue weighted by Crippen LogP contribution is -2.03. The number of nitrogens with zero attached hydrogens (tertiary/aromatic N) is 1. The second-order valence-electron chi connectivity index (χ2n) is 2.81. The number of aldehydes is 1. The summed E-state index contributed by atoms with van der Waals surface area (Å²) in [6, 6.07) is 0. The highest BCUT2D eigenvalue weighted by Crippen LogP contribution is 2.01. The van der Waals surface area contributed by atoms with Crippen molar-refractivity contribution >= 4 is 18.5 Å². The normalized spacial score (nSPS) is 10.4. The molecule has 0 amide bonds. The van der Waals surface area contributed by atoms with Gasteiger partial charge in [0.25, 0.3) is 0 Å². The van der Waals surface area contributed by atoms with Gasteiger partial charge < -0.3 is 4.74 Å². The summed E-state index contributed by atoms with van der Waals surface area (Å²) >= 11 is 0. The van der Waals surface area contributed by atoms with Crippen LogP contribution in [-0.4, -0.2) is 31.6 Å². The van der Waals surface area contributed by atoms with Gasteiger partial charge in [0.05, 0.1) is 12.8 Å². The van der Waals surface area contributed by atoms with E-state index >= 15 is 0 Å². The Hall–Kier alpha value is -1.19. The third-order valence-corrected chi connectivity index (χ3v) is 1.64. The van der Waals surface area contributed by atoms with Crippen LogP contribution in [0.3, 0.4) is 0 Å². The smallest absolute Gasteiger partial charge is 0.305 e. The molecule has 0 N–H and O–H groups in total. The van der Waals surface area contributed by atoms with Gasteiger partial charge in [-0.2, -0.15) is 0 Å². The van der Waals surface area contributed by atoms with Crippen molar-refractivity contribution in [2.24, 2.45) is 4.99 Å². The third kappa shape index (κ3) is 8.90. The summed E-state index contributed by atoms with van der Waals surface area (Å²) in [5, 5.41) is 0. The van der Waals surface area contributed by atoms with Crippen molar-refractivity contribution in [1.82, 2.24) is 0 Å². The van der Waals surface area contributed by atoms with Gasteiger partial charge in [0.15, 0.2) is 6.29 Å². The van der Waals surface area contributed by atoms with E-state index in [1.54, 1.807) is 6.92 Å². The zero-order valence-corrected chi connectivity index (χ0v) is 8.57.